The molecule has 2 heterocycles. The summed E-state index contributed by atoms with van der Waals surface area (Å²) in [6.07, 6.45) is 3.62. The van der Waals surface area contributed by atoms with E-state index in [1.165, 1.54) is 0 Å². The van der Waals surface area contributed by atoms with Gasteiger partial charge in [0, 0.05) is 33.5 Å². The van der Waals surface area contributed by atoms with E-state index in [9.17, 15) is 0 Å². The predicted octanol–water partition coefficient (Wildman–Crippen LogP) is -0.135. The number of hydrogen-bond donors (Lipinski definition) is 2. The summed E-state index contributed by atoms with van der Waals surface area (Å²) in [5.74, 6) is 2.04. The largest absolute Gasteiger partial charge is 0.368 e. The molecule has 0 spiro atoms. The van der Waals surface area contributed by atoms with E-state index >= 15 is 0 Å². The minimum absolute atomic E-state index is 0.191. The Morgan fingerprint density at radius 3 is 2.72 bits per heavy atom. The Morgan fingerprint density at radius 1 is 1.33 bits per heavy atom. The lowest BCUT2D eigenvalue weighted by molar-refractivity contribution is 0.806. The average Bonchev–Trinajstić information content (AvgIpc) is 2.71. The molecule has 0 amide bonds. The van der Waals surface area contributed by atoms with Crippen molar-refractivity contribution in [2.75, 3.05) is 30.0 Å². The SMILES string of the molecule is CN(C)c1nc(N)nc(NCc2nccn2C)n1. The maximum absolute atomic E-state index is 5.63. The molecule has 0 fully saturated rings. The van der Waals surface area contributed by atoms with Gasteiger partial charge in [-0.2, -0.15) is 15.0 Å². The number of hydrogen-bond acceptors (Lipinski definition) is 7. The fourth-order valence-corrected chi connectivity index (χ4v) is 1.38. The Kier molecular flexibility index (Phi) is 3.26. The highest BCUT2D eigenvalue weighted by molar-refractivity contribution is 5.40. The number of nitrogen functional groups attached to an aromatic ring is 1. The molecular weight excluding hydrogens is 232 g/mol. The van der Waals surface area contributed by atoms with E-state index in [4.69, 9.17) is 5.73 Å². The monoisotopic (exact) mass is 248 g/mol. The lowest BCUT2D eigenvalue weighted by Gasteiger charge is -2.12. The maximum atomic E-state index is 5.63. The van der Waals surface area contributed by atoms with Crippen LogP contribution in [-0.2, 0) is 13.6 Å². The average molecular weight is 248 g/mol. The van der Waals surface area contributed by atoms with E-state index in [1.807, 2.05) is 31.9 Å². The summed E-state index contributed by atoms with van der Waals surface area (Å²) in [6.45, 7) is 0.528. The zero-order valence-electron chi connectivity index (χ0n) is 10.6. The number of nitrogens with two attached hydrogens (primary N) is 1. The third kappa shape index (κ3) is 2.65. The van der Waals surface area contributed by atoms with Gasteiger partial charge in [0.05, 0.1) is 6.54 Å². The summed E-state index contributed by atoms with van der Waals surface area (Å²) in [6, 6.07) is 0. The molecule has 0 atom stereocenters. The third-order valence-corrected chi connectivity index (χ3v) is 2.37. The fraction of sp³-hybridized carbons (Fsp3) is 0.400. The van der Waals surface area contributed by atoms with Crippen LogP contribution in [0.15, 0.2) is 12.4 Å². The molecule has 0 unspecified atom stereocenters. The van der Waals surface area contributed by atoms with Crippen molar-refractivity contribution in [1.29, 1.82) is 0 Å². The summed E-state index contributed by atoms with van der Waals surface area (Å²) >= 11 is 0. The van der Waals surface area contributed by atoms with Crippen molar-refractivity contribution < 1.29 is 0 Å². The zero-order chi connectivity index (χ0) is 13.1. The van der Waals surface area contributed by atoms with E-state index in [-0.39, 0.29) is 5.95 Å². The summed E-state index contributed by atoms with van der Waals surface area (Å²) in [5.41, 5.74) is 5.63. The van der Waals surface area contributed by atoms with Gasteiger partial charge in [-0.25, -0.2) is 4.98 Å². The van der Waals surface area contributed by atoms with Crippen molar-refractivity contribution in [1.82, 2.24) is 24.5 Å². The van der Waals surface area contributed by atoms with E-state index < -0.39 is 0 Å². The van der Waals surface area contributed by atoms with Crippen LogP contribution in [0.25, 0.3) is 0 Å². The number of nitrogens with one attached hydrogen (secondary N) is 1. The highest BCUT2D eigenvalue weighted by Crippen LogP contribution is 2.09. The van der Waals surface area contributed by atoms with Gasteiger partial charge in [-0.1, -0.05) is 0 Å². The quantitative estimate of drug-likeness (QED) is 0.777. The fourth-order valence-electron chi connectivity index (χ4n) is 1.38. The summed E-state index contributed by atoms with van der Waals surface area (Å²) in [5, 5.41) is 3.07. The first-order valence-electron chi connectivity index (χ1n) is 5.45. The van der Waals surface area contributed by atoms with Crippen LogP contribution in [0.5, 0.6) is 0 Å². The summed E-state index contributed by atoms with van der Waals surface area (Å²) in [4.78, 5) is 18.2. The first kappa shape index (κ1) is 12.1. The van der Waals surface area contributed by atoms with E-state index in [2.05, 4.69) is 25.3 Å². The van der Waals surface area contributed by atoms with Gasteiger partial charge in [0.25, 0.3) is 0 Å². The molecule has 8 nitrogen and oxygen atoms in total. The molecule has 0 bridgehead atoms. The van der Waals surface area contributed by atoms with Crippen LogP contribution in [0.2, 0.25) is 0 Å². The third-order valence-electron chi connectivity index (χ3n) is 2.37. The van der Waals surface area contributed by atoms with Crippen molar-refractivity contribution in [3.05, 3.63) is 18.2 Å². The van der Waals surface area contributed by atoms with Crippen LogP contribution in [0.4, 0.5) is 17.8 Å². The molecule has 0 saturated heterocycles. The number of aryl methyl sites for hydroxylation is 1. The number of aromatic nitrogens is 5. The molecule has 0 aliphatic rings. The smallest absolute Gasteiger partial charge is 0.231 e. The van der Waals surface area contributed by atoms with Crippen molar-refractivity contribution in [3.8, 4) is 0 Å². The molecule has 0 saturated carbocycles. The molecule has 96 valence electrons. The molecule has 3 N–H and O–H groups in total. The molecule has 0 aliphatic heterocycles. The molecule has 0 aromatic carbocycles. The molecule has 18 heavy (non-hydrogen) atoms. The van der Waals surface area contributed by atoms with Gasteiger partial charge in [-0.05, 0) is 0 Å². The standard InChI is InChI=1S/C10H16N8/c1-17(2)10-15-8(11)14-9(16-10)13-6-7-12-4-5-18(7)3/h4-5H,6H2,1-3H3,(H3,11,13,14,15,16). The van der Waals surface area contributed by atoms with Crippen LogP contribution in [0.3, 0.4) is 0 Å². The molecule has 0 aliphatic carbocycles. The van der Waals surface area contributed by atoms with Crippen molar-refractivity contribution in [2.45, 2.75) is 6.54 Å². The molecule has 2 aromatic heterocycles. The highest BCUT2D eigenvalue weighted by atomic mass is 15.3. The zero-order valence-corrected chi connectivity index (χ0v) is 10.6. The van der Waals surface area contributed by atoms with Crippen molar-refractivity contribution >= 4 is 17.8 Å². The van der Waals surface area contributed by atoms with Crippen LogP contribution in [0.1, 0.15) is 5.82 Å². The van der Waals surface area contributed by atoms with Crippen molar-refractivity contribution in [3.63, 3.8) is 0 Å². The van der Waals surface area contributed by atoms with E-state index in [1.54, 1.807) is 11.1 Å². The minimum Gasteiger partial charge on any atom is -0.368 e. The van der Waals surface area contributed by atoms with Crippen LogP contribution >= 0.6 is 0 Å². The number of imidazole rings is 1. The second kappa shape index (κ2) is 4.86. The molecule has 0 radical (unpaired) electrons. The summed E-state index contributed by atoms with van der Waals surface area (Å²) < 4.78 is 1.92. The molecule has 8 heteroatoms. The van der Waals surface area contributed by atoms with Crippen LogP contribution in [0, 0.1) is 0 Å². The normalized spacial score (nSPS) is 10.4. The Morgan fingerprint density at radius 2 is 2.11 bits per heavy atom. The number of nitrogens with zero attached hydrogens (tertiary/aromatic N) is 6. The molecular formula is C10H16N8. The number of anilines is 3. The van der Waals surface area contributed by atoms with E-state index in [0.717, 1.165) is 5.82 Å². The molecule has 2 rings (SSSR count). The number of rotatable bonds is 4. The van der Waals surface area contributed by atoms with Gasteiger partial charge in [0.15, 0.2) is 0 Å². The lowest BCUT2D eigenvalue weighted by atomic mass is 10.6. The minimum atomic E-state index is 0.191. The maximum Gasteiger partial charge on any atom is 0.231 e. The van der Waals surface area contributed by atoms with Gasteiger partial charge < -0.3 is 20.5 Å². The van der Waals surface area contributed by atoms with Crippen LogP contribution < -0.4 is 16.0 Å². The van der Waals surface area contributed by atoms with Crippen LogP contribution in [-0.4, -0.2) is 38.6 Å². The summed E-state index contributed by atoms with van der Waals surface area (Å²) in [7, 11) is 5.62. The first-order valence-corrected chi connectivity index (χ1v) is 5.45. The van der Waals surface area contributed by atoms with Crippen molar-refractivity contribution in [2.24, 2.45) is 7.05 Å². The Labute approximate surface area is 105 Å². The Hall–Kier alpha value is -2.38. The Balaban J connectivity index is 2.12. The highest BCUT2D eigenvalue weighted by Gasteiger charge is 2.06. The van der Waals surface area contributed by atoms with Gasteiger partial charge in [-0.3, -0.25) is 0 Å². The van der Waals surface area contributed by atoms with Gasteiger partial charge in [0.2, 0.25) is 17.8 Å². The second-order valence-corrected chi connectivity index (χ2v) is 4.02. The lowest BCUT2D eigenvalue weighted by Crippen LogP contribution is -2.17. The van der Waals surface area contributed by atoms with Gasteiger partial charge in [-0.15, -0.1) is 0 Å². The predicted molar refractivity (Wildman–Crippen MR) is 69.1 cm³/mol. The second-order valence-electron chi connectivity index (χ2n) is 4.02. The van der Waals surface area contributed by atoms with Gasteiger partial charge in [0.1, 0.15) is 5.82 Å². The molecule has 2 aromatic rings. The Bertz CT molecular complexity index is 532. The van der Waals surface area contributed by atoms with Gasteiger partial charge >= 0.3 is 0 Å². The first-order chi connectivity index (χ1) is 8.56. The van der Waals surface area contributed by atoms with E-state index in [0.29, 0.717) is 18.4 Å². The topological polar surface area (TPSA) is 97.8 Å².